The van der Waals surface area contributed by atoms with Crippen molar-refractivity contribution >= 4 is 0 Å². The molecule has 3 rings (SSSR count). The van der Waals surface area contributed by atoms with Crippen LogP contribution in [0, 0.1) is 0 Å². The van der Waals surface area contributed by atoms with Gasteiger partial charge in [0.05, 0.1) is 6.04 Å². The van der Waals surface area contributed by atoms with Gasteiger partial charge in [-0.3, -0.25) is 0 Å². The van der Waals surface area contributed by atoms with Gasteiger partial charge in [0.2, 0.25) is 5.89 Å². The fourth-order valence-electron chi connectivity index (χ4n) is 2.57. The van der Waals surface area contributed by atoms with Crippen LogP contribution in [0.1, 0.15) is 55.8 Å². The largest absolute Gasteiger partial charge is 0.381 e. The van der Waals surface area contributed by atoms with Crippen LogP contribution in [-0.4, -0.2) is 29.9 Å². The van der Waals surface area contributed by atoms with E-state index in [1.54, 1.807) is 0 Å². The summed E-state index contributed by atoms with van der Waals surface area (Å²) in [5.41, 5.74) is 0. The molecular formula is C12H19N3O2. The molecule has 2 saturated heterocycles. The molecule has 3 heterocycles. The van der Waals surface area contributed by atoms with Gasteiger partial charge in [-0.05, 0) is 32.2 Å². The minimum Gasteiger partial charge on any atom is -0.381 e. The first kappa shape index (κ1) is 11.2. The second-order valence-electron chi connectivity index (χ2n) is 4.88. The molecule has 0 aliphatic carbocycles. The molecule has 1 atom stereocenters. The lowest BCUT2D eigenvalue weighted by Gasteiger charge is -2.20. The lowest BCUT2D eigenvalue weighted by molar-refractivity contribution is 0.0778. The van der Waals surface area contributed by atoms with Gasteiger partial charge in [-0.25, -0.2) is 0 Å². The molecule has 1 unspecified atom stereocenters. The van der Waals surface area contributed by atoms with E-state index in [2.05, 4.69) is 15.5 Å². The Kier molecular flexibility index (Phi) is 3.38. The SMILES string of the molecule is C1CCC(c2noc(C3CCOCC3)n2)NC1. The van der Waals surface area contributed by atoms with Crippen molar-refractivity contribution in [2.75, 3.05) is 19.8 Å². The van der Waals surface area contributed by atoms with Crippen molar-refractivity contribution in [2.45, 2.75) is 44.1 Å². The Balaban J connectivity index is 1.68. The van der Waals surface area contributed by atoms with Gasteiger partial charge < -0.3 is 14.6 Å². The lowest BCUT2D eigenvalue weighted by atomic mass is 10.0. The van der Waals surface area contributed by atoms with Gasteiger partial charge in [-0.15, -0.1) is 0 Å². The van der Waals surface area contributed by atoms with Gasteiger partial charge >= 0.3 is 0 Å². The minimum absolute atomic E-state index is 0.293. The van der Waals surface area contributed by atoms with Crippen molar-refractivity contribution in [3.63, 3.8) is 0 Å². The average Bonchev–Trinajstić information content (AvgIpc) is 2.90. The summed E-state index contributed by atoms with van der Waals surface area (Å²) in [4.78, 5) is 4.56. The van der Waals surface area contributed by atoms with Gasteiger partial charge in [-0.1, -0.05) is 11.6 Å². The van der Waals surface area contributed by atoms with E-state index in [4.69, 9.17) is 9.26 Å². The van der Waals surface area contributed by atoms with Crippen LogP contribution in [-0.2, 0) is 4.74 Å². The van der Waals surface area contributed by atoms with Crippen LogP contribution >= 0.6 is 0 Å². The van der Waals surface area contributed by atoms with Crippen LogP contribution in [0.25, 0.3) is 0 Å². The predicted molar refractivity (Wildman–Crippen MR) is 61.7 cm³/mol. The summed E-state index contributed by atoms with van der Waals surface area (Å²) in [6.07, 6.45) is 5.62. The summed E-state index contributed by atoms with van der Waals surface area (Å²) < 4.78 is 10.7. The number of nitrogens with zero attached hydrogens (tertiary/aromatic N) is 2. The van der Waals surface area contributed by atoms with Crippen molar-refractivity contribution in [2.24, 2.45) is 0 Å². The smallest absolute Gasteiger partial charge is 0.229 e. The number of rotatable bonds is 2. The molecular weight excluding hydrogens is 218 g/mol. The summed E-state index contributed by atoms with van der Waals surface area (Å²) in [5, 5.41) is 7.57. The number of hydrogen-bond acceptors (Lipinski definition) is 5. The average molecular weight is 237 g/mol. The highest BCUT2D eigenvalue weighted by Crippen LogP contribution is 2.27. The van der Waals surface area contributed by atoms with E-state index >= 15 is 0 Å². The van der Waals surface area contributed by atoms with Crippen LogP contribution in [0.3, 0.4) is 0 Å². The Labute approximate surface area is 101 Å². The van der Waals surface area contributed by atoms with Crippen LogP contribution in [0.15, 0.2) is 4.52 Å². The maximum Gasteiger partial charge on any atom is 0.229 e. The monoisotopic (exact) mass is 237 g/mol. The number of piperidine rings is 1. The van der Waals surface area contributed by atoms with Crippen molar-refractivity contribution in [1.29, 1.82) is 0 Å². The zero-order valence-corrected chi connectivity index (χ0v) is 10.0. The highest BCUT2D eigenvalue weighted by atomic mass is 16.5. The number of ether oxygens (including phenoxy) is 1. The molecule has 5 heteroatoms. The summed E-state index contributed by atoms with van der Waals surface area (Å²) in [6, 6.07) is 0.293. The molecule has 0 aromatic carbocycles. The first-order valence-electron chi connectivity index (χ1n) is 6.58. The van der Waals surface area contributed by atoms with E-state index in [1.807, 2.05) is 0 Å². The molecule has 2 aliphatic rings. The molecule has 0 spiro atoms. The highest BCUT2D eigenvalue weighted by molar-refractivity contribution is 5.00. The van der Waals surface area contributed by atoms with Gasteiger partial charge in [0.1, 0.15) is 0 Å². The van der Waals surface area contributed by atoms with E-state index in [1.165, 1.54) is 12.8 Å². The van der Waals surface area contributed by atoms with Gasteiger partial charge in [0.25, 0.3) is 0 Å². The number of hydrogen-bond donors (Lipinski definition) is 1. The second-order valence-corrected chi connectivity index (χ2v) is 4.88. The van der Waals surface area contributed by atoms with Gasteiger partial charge in [0.15, 0.2) is 5.82 Å². The van der Waals surface area contributed by atoms with Gasteiger partial charge in [0, 0.05) is 19.1 Å². The predicted octanol–water partition coefficient (Wildman–Crippen LogP) is 1.78. The second kappa shape index (κ2) is 5.14. The molecule has 1 aromatic heterocycles. The third kappa shape index (κ3) is 2.50. The summed E-state index contributed by atoms with van der Waals surface area (Å²) >= 11 is 0. The molecule has 0 bridgehead atoms. The van der Waals surface area contributed by atoms with E-state index in [-0.39, 0.29) is 0 Å². The third-order valence-electron chi connectivity index (χ3n) is 3.65. The molecule has 5 nitrogen and oxygen atoms in total. The summed E-state index contributed by atoms with van der Waals surface area (Å²) in [6.45, 7) is 2.68. The fourth-order valence-corrected chi connectivity index (χ4v) is 2.57. The Bertz CT molecular complexity index is 322. The standard InChI is InChI=1S/C12H19N3O2/c1-2-6-13-10(3-1)11-14-12(17-15-11)9-4-7-16-8-5-9/h9-10,13H,1-8H2. The maximum absolute atomic E-state index is 5.40. The molecule has 2 fully saturated rings. The topological polar surface area (TPSA) is 60.2 Å². The fraction of sp³-hybridized carbons (Fsp3) is 0.833. The Morgan fingerprint density at radius 2 is 2.00 bits per heavy atom. The van der Waals surface area contributed by atoms with Crippen LogP contribution in [0.4, 0.5) is 0 Å². The first-order valence-corrected chi connectivity index (χ1v) is 6.58. The molecule has 2 aliphatic heterocycles. The quantitative estimate of drug-likeness (QED) is 0.849. The van der Waals surface area contributed by atoms with Crippen LogP contribution < -0.4 is 5.32 Å². The molecule has 1 aromatic rings. The molecule has 0 radical (unpaired) electrons. The Morgan fingerprint density at radius 3 is 2.76 bits per heavy atom. The van der Waals surface area contributed by atoms with Crippen LogP contribution in [0.5, 0.6) is 0 Å². The zero-order chi connectivity index (χ0) is 11.5. The molecule has 0 amide bonds. The Hall–Kier alpha value is -0.940. The van der Waals surface area contributed by atoms with Crippen molar-refractivity contribution in [3.8, 4) is 0 Å². The zero-order valence-electron chi connectivity index (χ0n) is 10.0. The minimum atomic E-state index is 0.293. The van der Waals surface area contributed by atoms with Crippen molar-refractivity contribution in [3.05, 3.63) is 11.7 Å². The highest BCUT2D eigenvalue weighted by Gasteiger charge is 2.25. The lowest BCUT2D eigenvalue weighted by Crippen LogP contribution is -2.27. The summed E-state index contributed by atoms with van der Waals surface area (Å²) in [7, 11) is 0. The van der Waals surface area contributed by atoms with Crippen LogP contribution in [0.2, 0.25) is 0 Å². The van der Waals surface area contributed by atoms with Crippen molar-refractivity contribution < 1.29 is 9.26 Å². The number of aromatic nitrogens is 2. The van der Waals surface area contributed by atoms with Gasteiger partial charge in [-0.2, -0.15) is 4.98 Å². The van der Waals surface area contributed by atoms with E-state index in [0.717, 1.165) is 50.7 Å². The summed E-state index contributed by atoms with van der Waals surface area (Å²) in [5.74, 6) is 2.04. The van der Waals surface area contributed by atoms with Crippen molar-refractivity contribution in [1.82, 2.24) is 15.5 Å². The maximum atomic E-state index is 5.40. The van der Waals surface area contributed by atoms with E-state index in [9.17, 15) is 0 Å². The Morgan fingerprint density at radius 1 is 1.12 bits per heavy atom. The molecule has 94 valence electrons. The first-order chi connectivity index (χ1) is 8.43. The van der Waals surface area contributed by atoms with E-state index in [0.29, 0.717) is 12.0 Å². The number of nitrogens with one attached hydrogen (secondary N) is 1. The third-order valence-corrected chi connectivity index (χ3v) is 3.65. The normalized spacial score (nSPS) is 27.2. The van der Waals surface area contributed by atoms with E-state index < -0.39 is 0 Å². The molecule has 1 N–H and O–H groups in total. The molecule has 17 heavy (non-hydrogen) atoms. The molecule has 0 saturated carbocycles.